The van der Waals surface area contributed by atoms with Gasteiger partial charge >= 0.3 is 6.03 Å². The van der Waals surface area contributed by atoms with E-state index in [-0.39, 0.29) is 18.5 Å². The van der Waals surface area contributed by atoms with Crippen LogP contribution in [0.1, 0.15) is 12.8 Å². The molecule has 0 aliphatic carbocycles. The fourth-order valence-corrected chi connectivity index (χ4v) is 2.09. The average Bonchev–Trinajstić information content (AvgIpc) is 2.39. The summed E-state index contributed by atoms with van der Waals surface area (Å²) < 4.78 is 13.0. The lowest BCUT2D eigenvalue weighted by atomic mass is 9.98. The molecule has 0 bridgehead atoms. The molecular weight excluding hydrogens is 235 g/mol. The monoisotopic (exact) mass is 252 g/mol. The second kappa shape index (κ2) is 5.82. The molecule has 0 radical (unpaired) electrons. The lowest BCUT2D eigenvalue weighted by molar-refractivity contribution is 0.143. The van der Waals surface area contributed by atoms with E-state index >= 15 is 0 Å². The third kappa shape index (κ3) is 3.20. The molecule has 1 saturated heterocycles. The van der Waals surface area contributed by atoms with Crippen LogP contribution in [0.3, 0.4) is 0 Å². The Bertz CT molecular complexity index is 417. The lowest BCUT2D eigenvalue weighted by Gasteiger charge is -2.31. The summed E-state index contributed by atoms with van der Waals surface area (Å²) in [7, 11) is 0. The normalized spacial score (nSPS) is 16.7. The van der Waals surface area contributed by atoms with Gasteiger partial charge in [-0.25, -0.2) is 9.18 Å². The van der Waals surface area contributed by atoms with Crippen LogP contribution in [0.25, 0.3) is 0 Å². The number of aliphatic hydroxyl groups is 1. The first kappa shape index (κ1) is 12.8. The van der Waals surface area contributed by atoms with Crippen LogP contribution < -0.4 is 5.32 Å². The molecule has 0 unspecified atom stereocenters. The van der Waals surface area contributed by atoms with Crippen LogP contribution in [0.5, 0.6) is 0 Å². The summed E-state index contributed by atoms with van der Waals surface area (Å²) in [4.78, 5) is 13.6. The number of amides is 2. The summed E-state index contributed by atoms with van der Waals surface area (Å²) in [6.07, 6.45) is 1.63. The molecule has 18 heavy (non-hydrogen) atoms. The van der Waals surface area contributed by atoms with Crippen LogP contribution in [-0.2, 0) is 0 Å². The quantitative estimate of drug-likeness (QED) is 0.846. The molecule has 1 aromatic rings. The molecule has 1 aliphatic rings. The summed E-state index contributed by atoms with van der Waals surface area (Å²) in [6.45, 7) is 1.44. The number of rotatable bonds is 2. The molecule has 1 heterocycles. The number of nitrogens with one attached hydrogen (secondary N) is 1. The molecule has 0 spiro atoms. The average molecular weight is 252 g/mol. The van der Waals surface area contributed by atoms with Crippen molar-refractivity contribution >= 4 is 11.7 Å². The first-order valence-electron chi connectivity index (χ1n) is 6.11. The predicted octanol–water partition coefficient (Wildman–Crippen LogP) is 2.06. The minimum Gasteiger partial charge on any atom is -0.396 e. The maximum Gasteiger partial charge on any atom is 0.321 e. The molecule has 1 aliphatic heterocycles. The summed E-state index contributed by atoms with van der Waals surface area (Å²) >= 11 is 0. The zero-order valence-electron chi connectivity index (χ0n) is 10.1. The Labute approximate surface area is 105 Å². The summed E-state index contributed by atoms with van der Waals surface area (Å²) in [5.74, 6) is -0.0741. The topological polar surface area (TPSA) is 52.6 Å². The number of piperidine rings is 1. The second-order valence-electron chi connectivity index (χ2n) is 4.55. The van der Waals surface area contributed by atoms with Gasteiger partial charge in [0.2, 0.25) is 0 Å². The Kier molecular flexibility index (Phi) is 4.15. The van der Waals surface area contributed by atoms with E-state index in [2.05, 4.69) is 5.32 Å². The number of anilines is 1. The molecule has 1 aromatic carbocycles. The number of hydrogen-bond donors (Lipinski definition) is 2. The molecule has 98 valence electrons. The van der Waals surface area contributed by atoms with Crippen molar-refractivity contribution in [2.45, 2.75) is 12.8 Å². The molecule has 5 heteroatoms. The number of urea groups is 1. The number of carbonyl (C=O) groups excluding carboxylic acids is 1. The maximum atomic E-state index is 13.0. The van der Waals surface area contributed by atoms with Gasteiger partial charge in [0.1, 0.15) is 5.82 Å². The van der Waals surface area contributed by atoms with Crippen molar-refractivity contribution < 1.29 is 14.3 Å². The molecule has 0 saturated carbocycles. The van der Waals surface area contributed by atoms with Crippen molar-refractivity contribution in [1.82, 2.24) is 4.90 Å². The fraction of sp³-hybridized carbons (Fsp3) is 0.462. The van der Waals surface area contributed by atoms with Gasteiger partial charge in [-0.3, -0.25) is 0 Å². The second-order valence-corrected chi connectivity index (χ2v) is 4.55. The number of nitrogens with zero attached hydrogens (tertiary/aromatic N) is 1. The number of carbonyl (C=O) groups is 1. The predicted molar refractivity (Wildman–Crippen MR) is 66.8 cm³/mol. The van der Waals surface area contributed by atoms with Gasteiger partial charge < -0.3 is 15.3 Å². The highest BCUT2D eigenvalue weighted by molar-refractivity contribution is 5.89. The summed E-state index contributed by atoms with van der Waals surface area (Å²) in [5.41, 5.74) is 0.462. The third-order valence-corrected chi connectivity index (χ3v) is 3.24. The van der Waals surface area contributed by atoms with Gasteiger partial charge in [-0.1, -0.05) is 6.07 Å². The van der Waals surface area contributed by atoms with Gasteiger partial charge in [-0.15, -0.1) is 0 Å². The number of likely N-dealkylation sites (tertiary alicyclic amines) is 1. The molecule has 2 N–H and O–H groups in total. The van der Waals surface area contributed by atoms with E-state index in [9.17, 15) is 9.18 Å². The zero-order chi connectivity index (χ0) is 13.0. The molecular formula is C13H17FN2O2. The van der Waals surface area contributed by atoms with Crippen LogP contribution in [0.4, 0.5) is 14.9 Å². The van der Waals surface area contributed by atoms with Gasteiger partial charge in [-0.2, -0.15) is 0 Å². The molecule has 0 aromatic heterocycles. The highest BCUT2D eigenvalue weighted by atomic mass is 19.1. The molecule has 1 fully saturated rings. The van der Waals surface area contributed by atoms with E-state index in [1.54, 1.807) is 17.0 Å². The maximum absolute atomic E-state index is 13.0. The Hall–Kier alpha value is -1.62. The molecule has 2 rings (SSSR count). The van der Waals surface area contributed by atoms with Crippen molar-refractivity contribution in [3.05, 3.63) is 30.1 Å². The SMILES string of the molecule is O=C(Nc1cccc(F)c1)N1CCC(CO)CC1. The fourth-order valence-electron chi connectivity index (χ4n) is 2.09. The highest BCUT2D eigenvalue weighted by Gasteiger charge is 2.22. The van der Waals surface area contributed by atoms with E-state index in [1.807, 2.05) is 0 Å². The number of hydrogen-bond acceptors (Lipinski definition) is 2. The van der Waals surface area contributed by atoms with E-state index in [1.165, 1.54) is 12.1 Å². The van der Waals surface area contributed by atoms with E-state index in [0.29, 0.717) is 24.7 Å². The molecule has 4 nitrogen and oxygen atoms in total. The van der Waals surface area contributed by atoms with Crippen molar-refractivity contribution in [3.63, 3.8) is 0 Å². The lowest BCUT2D eigenvalue weighted by Crippen LogP contribution is -2.41. The van der Waals surface area contributed by atoms with Gasteiger partial charge in [0.05, 0.1) is 0 Å². The Morgan fingerprint density at radius 3 is 2.78 bits per heavy atom. The Morgan fingerprint density at radius 1 is 1.44 bits per heavy atom. The third-order valence-electron chi connectivity index (χ3n) is 3.24. The smallest absolute Gasteiger partial charge is 0.321 e. The Balaban J connectivity index is 1.89. The largest absolute Gasteiger partial charge is 0.396 e. The van der Waals surface area contributed by atoms with Crippen molar-refractivity contribution in [1.29, 1.82) is 0 Å². The van der Waals surface area contributed by atoms with Gasteiger partial charge in [0.25, 0.3) is 0 Å². The number of halogens is 1. The summed E-state index contributed by atoms with van der Waals surface area (Å²) in [6, 6.07) is 5.63. The summed E-state index contributed by atoms with van der Waals surface area (Å²) in [5, 5.41) is 11.7. The zero-order valence-corrected chi connectivity index (χ0v) is 10.1. The van der Waals surface area contributed by atoms with Crippen LogP contribution in [0.15, 0.2) is 24.3 Å². The minimum absolute atomic E-state index is 0.180. The minimum atomic E-state index is -0.369. The van der Waals surface area contributed by atoms with E-state index in [0.717, 1.165) is 12.8 Å². The van der Waals surface area contributed by atoms with Crippen LogP contribution >= 0.6 is 0 Å². The number of aliphatic hydroxyl groups excluding tert-OH is 1. The van der Waals surface area contributed by atoms with Crippen molar-refractivity contribution in [2.75, 3.05) is 25.0 Å². The van der Waals surface area contributed by atoms with E-state index < -0.39 is 0 Å². The Morgan fingerprint density at radius 2 is 2.17 bits per heavy atom. The van der Waals surface area contributed by atoms with Gasteiger partial charge in [-0.05, 0) is 37.0 Å². The first-order chi connectivity index (χ1) is 8.69. The van der Waals surface area contributed by atoms with Crippen LogP contribution in [0, 0.1) is 11.7 Å². The van der Waals surface area contributed by atoms with Gasteiger partial charge in [0, 0.05) is 25.4 Å². The van der Waals surface area contributed by atoms with Crippen LogP contribution in [0.2, 0.25) is 0 Å². The van der Waals surface area contributed by atoms with Gasteiger partial charge in [0.15, 0.2) is 0 Å². The highest BCUT2D eigenvalue weighted by Crippen LogP contribution is 2.17. The van der Waals surface area contributed by atoms with Crippen molar-refractivity contribution in [2.24, 2.45) is 5.92 Å². The van der Waals surface area contributed by atoms with E-state index in [4.69, 9.17) is 5.11 Å². The standard InChI is InChI=1S/C13H17FN2O2/c14-11-2-1-3-12(8-11)15-13(18)16-6-4-10(9-17)5-7-16/h1-3,8,10,17H,4-7,9H2,(H,15,18). The van der Waals surface area contributed by atoms with Crippen LogP contribution in [-0.4, -0.2) is 35.7 Å². The molecule has 0 atom stereocenters. The number of benzene rings is 1. The van der Waals surface area contributed by atoms with Crippen molar-refractivity contribution in [3.8, 4) is 0 Å². The first-order valence-corrected chi connectivity index (χ1v) is 6.11. The molecule has 2 amide bonds.